The van der Waals surface area contributed by atoms with Crippen LogP contribution in [-0.2, 0) is 17.1 Å². The maximum absolute atomic E-state index is 12.8. The monoisotopic (exact) mass is 406 g/mol. The zero-order valence-corrected chi connectivity index (χ0v) is 17.9. The Morgan fingerprint density at radius 2 is 1.96 bits per heavy atom. The predicted molar refractivity (Wildman–Crippen MR) is 111 cm³/mol. The second kappa shape index (κ2) is 7.71. The van der Waals surface area contributed by atoms with Gasteiger partial charge in [-0.1, -0.05) is 32.0 Å². The second-order valence-corrected chi connectivity index (χ2v) is 9.85. The summed E-state index contributed by atoms with van der Waals surface area (Å²) < 4.78 is 31.3. The average Bonchev–Trinajstić information content (AvgIpc) is 3.19. The summed E-state index contributed by atoms with van der Waals surface area (Å²) in [4.78, 5) is 6.35. The van der Waals surface area contributed by atoms with Crippen molar-refractivity contribution in [3.8, 4) is 0 Å². The molecule has 1 aromatic carbocycles. The van der Waals surface area contributed by atoms with Crippen LogP contribution in [0.1, 0.15) is 37.2 Å². The largest absolute Gasteiger partial charge is 0.336 e. The Labute approximate surface area is 164 Å². The van der Waals surface area contributed by atoms with Gasteiger partial charge in [0.05, 0.1) is 0 Å². The predicted octanol–water partition coefficient (Wildman–Crippen LogP) is 3.34. The van der Waals surface area contributed by atoms with Crippen molar-refractivity contribution in [1.82, 2.24) is 19.2 Å². The lowest BCUT2D eigenvalue weighted by Gasteiger charge is -2.24. The number of sulfonamides is 1. The number of thiophene rings is 1. The van der Waals surface area contributed by atoms with Crippen LogP contribution in [0.2, 0.25) is 0 Å². The van der Waals surface area contributed by atoms with E-state index in [0.29, 0.717) is 0 Å². The van der Waals surface area contributed by atoms with Gasteiger partial charge in [0.15, 0.2) is 5.03 Å². The van der Waals surface area contributed by atoms with Gasteiger partial charge in [0.1, 0.15) is 5.82 Å². The van der Waals surface area contributed by atoms with Gasteiger partial charge >= 0.3 is 0 Å². The van der Waals surface area contributed by atoms with Gasteiger partial charge < -0.3 is 9.47 Å². The van der Waals surface area contributed by atoms with E-state index in [4.69, 9.17) is 0 Å². The number of imidazole rings is 1. The first-order chi connectivity index (χ1) is 12.7. The van der Waals surface area contributed by atoms with Gasteiger partial charge in [-0.2, -0.15) is 0 Å². The molecule has 2 heterocycles. The molecule has 0 saturated carbocycles. The topological polar surface area (TPSA) is 67.2 Å². The van der Waals surface area contributed by atoms with E-state index in [2.05, 4.69) is 27.2 Å². The minimum atomic E-state index is -3.67. The Morgan fingerprint density at radius 3 is 2.59 bits per heavy atom. The van der Waals surface area contributed by atoms with E-state index < -0.39 is 10.0 Å². The normalized spacial score (nSPS) is 13.7. The molecule has 0 spiro atoms. The molecule has 0 amide bonds. The van der Waals surface area contributed by atoms with Crippen molar-refractivity contribution >= 4 is 31.4 Å². The molecular weight excluding hydrogens is 380 g/mol. The van der Waals surface area contributed by atoms with Gasteiger partial charge in [-0.05, 0) is 36.5 Å². The van der Waals surface area contributed by atoms with Crippen LogP contribution >= 0.6 is 11.3 Å². The van der Waals surface area contributed by atoms with E-state index in [1.807, 2.05) is 52.0 Å². The number of benzene rings is 1. The molecule has 0 saturated heterocycles. The van der Waals surface area contributed by atoms with Gasteiger partial charge in [0, 0.05) is 36.4 Å². The molecule has 0 bridgehead atoms. The van der Waals surface area contributed by atoms with Crippen LogP contribution < -0.4 is 4.72 Å². The van der Waals surface area contributed by atoms with Crippen LogP contribution in [-0.4, -0.2) is 43.5 Å². The highest BCUT2D eigenvalue weighted by Crippen LogP contribution is 2.32. The highest BCUT2D eigenvalue weighted by atomic mass is 32.2. The Morgan fingerprint density at radius 1 is 1.26 bits per heavy atom. The number of hydrogen-bond donors (Lipinski definition) is 1. The van der Waals surface area contributed by atoms with Crippen LogP contribution in [0.3, 0.4) is 0 Å². The van der Waals surface area contributed by atoms with E-state index in [9.17, 15) is 8.42 Å². The molecule has 0 aliphatic carbocycles. The van der Waals surface area contributed by atoms with Crippen molar-refractivity contribution in [2.24, 2.45) is 7.05 Å². The molecule has 146 valence electrons. The van der Waals surface area contributed by atoms with Crippen LogP contribution in [0.15, 0.2) is 40.9 Å². The average molecular weight is 407 g/mol. The number of aromatic nitrogens is 2. The van der Waals surface area contributed by atoms with E-state index in [1.165, 1.54) is 10.1 Å². The summed E-state index contributed by atoms with van der Waals surface area (Å²) in [6.45, 7) is 4.27. The van der Waals surface area contributed by atoms with Crippen LogP contribution in [0.4, 0.5) is 0 Å². The van der Waals surface area contributed by atoms with Crippen molar-refractivity contribution in [1.29, 1.82) is 0 Å². The molecule has 2 aromatic heterocycles. The van der Waals surface area contributed by atoms with Crippen LogP contribution in [0.25, 0.3) is 10.1 Å². The number of fused-ring (bicyclic) bond motifs is 1. The van der Waals surface area contributed by atoms with Crippen LogP contribution in [0, 0.1) is 0 Å². The van der Waals surface area contributed by atoms with E-state index in [1.54, 1.807) is 22.1 Å². The Kier molecular flexibility index (Phi) is 5.71. The first-order valence-corrected chi connectivity index (χ1v) is 11.2. The lowest BCUT2D eigenvalue weighted by molar-refractivity contribution is 0.301. The number of hydrogen-bond acceptors (Lipinski definition) is 5. The summed E-state index contributed by atoms with van der Waals surface area (Å²) in [5.74, 6) is 0.911. The number of nitrogens with zero attached hydrogens (tertiary/aromatic N) is 3. The Hall–Kier alpha value is -1.74. The van der Waals surface area contributed by atoms with Crippen molar-refractivity contribution in [2.45, 2.75) is 30.8 Å². The fourth-order valence-electron chi connectivity index (χ4n) is 3.21. The molecule has 1 atom stereocenters. The fraction of sp³-hybridized carbons (Fsp3) is 0.421. The van der Waals surface area contributed by atoms with Crippen LogP contribution in [0.5, 0.6) is 0 Å². The molecule has 8 heteroatoms. The van der Waals surface area contributed by atoms with Gasteiger partial charge in [-0.25, -0.2) is 18.1 Å². The van der Waals surface area contributed by atoms with Gasteiger partial charge in [0.25, 0.3) is 10.0 Å². The lowest BCUT2D eigenvalue weighted by atomic mass is 10.1. The molecule has 0 aliphatic heterocycles. The highest BCUT2D eigenvalue weighted by molar-refractivity contribution is 7.89. The summed E-state index contributed by atoms with van der Waals surface area (Å²) >= 11 is 1.68. The first kappa shape index (κ1) is 20.0. The molecule has 0 fully saturated rings. The van der Waals surface area contributed by atoms with Crippen molar-refractivity contribution < 1.29 is 8.42 Å². The molecule has 3 rings (SSSR count). The molecule has 0 radical (unpaired) electrons. The molecule has 0 unspecified atom stereocenters. The molecule has 1 N–H and O–H groups in total. The minimum absolute atomic E-state index is 0.0655. The molecule has 6 nitrogen and oxygen atoms in total. The van der Waals surface area contributed by atoms with Crippen molar-refractivity contribution in [3.63, 3.8) is 0 Å². The third-order valence-electron chi connectivity index (χ3n) is 4.64. The van der Waals surface area contributed by atoms with Crippen molar-refractivity contribution in [3.05, 3.63) is 47.2 Å². The third-order valence-corrected chi connectivity index (χ3v) is 6.92. The molecule has 27 heavy (non-hydrogen) atoms. The standard InChI is InChI=1S/C19H26N4O2S2/c1-13(2)19-21-18(11-23(19)5)27(24,25)20-10-16(22(3)4)15-12-26-17-9-7-6-8-14(15)17/h6-9,11-13,16,20H,10H2,1-5H3/t16-/m0/s1. The lowest BCUT2D eigenvalue weighted by Crippen LogP contribution is -2.34. The van der Waals surface area contributed by atoms with E-state index in [-0.39, 0.29) is 23.5 Å². The quantitative estimate of drug-likeness (QED) is 0.653. The maximum atomic E-state index is 12.8. The second-order valence-electron chi connectivity index (χ2n) is 7.22. The smallest absolute Gasteiger partial charge is 0.259 e. The SMILES string of the molecule is CC(C)c1nc(S(=O)(=O)NC[C@@H](c2csc3ccccc23)N(C)C)cn1C. The van der Waals surface area contributed by atoms with Gasteiger partial charge in [-0.3, -0.25) is 0 Å². The number of likely N-dealkylation sites (N-methyl/N-ethyl adjacent to an activating group) is 1. The van der Waals surface area contributed by atoms with Crippen molar-refractivity contribution in [2.75, 3.05) is 20.6 Å². The third kappa shape index (κ3) is 4.08. The molecule has 0 aliphatic rings. The Bertz CT molecular complexity index is 1040. The number of aryl methyl sites for hydroxylation is 1. The minimum Gasteiger partial charge on any atom is -0.336 e. The molecule has 3 aromatic rings. The highest BCUT2D eigenvalue weighted by Gasteiger charge is 2.24. The zero-order chi connectivity index (χ0) is 19.8. The summed E-state index contributed by atoms with van der Waals surface area (Å²) in [6.07, 6.45) is 1.57. The maximum Gasteiger partial charge on any atom is 0.259 e. The first-order valence-electron chi connectivity index (χ1n) is 8.86. The Balaban J connectivity index is 1.85. The summed E-state index contributed by atoms with van der Waals surface area (Å²) in [7, 11) is 2.07. The van der Waals surface area contributed by atoms with Gasteiger partial charge in [0.2, 0.25) is 0 Å². The van der Waals surface area contributed by atoms with Gasteiger partial charge in [-0.15, -0.1) is 11.3 Å². The fourth-order valence-corrected chi connectivity index (χ4v) is 5.25. The number of rotatable bonds is 7. The molecular formula is C19H26N4O2S2. The summed E-state index contributed by atoms with van der Waals surface area (Å²) in [5.41, 5.74) is 1.13. The zero-order valence-electron chi connectivity index (χ0n) is 16.3. The summed E-state index contributed by atoms with van der Waals surface area (Å²) in [5, 5.41) is 3.35. The number of nitrogens with one attached hydrogen (secondary N) is 1. The van der Waals surface area contributed by atoms with E-state index in [0.717, 1.165) is 11.4 Å². The summed E-state index contributed by atoms with van der Waals surface area (Å²) in [6, 6.07) is 8.13. The van der Waals surface area contributed by atoms with E-state index >= 15 is 0 Å².